The second-order valence-electron chi connectivity index (χ2n) is 13.5. The lowest BCUT2D eigenvalue weighted by Gasteiger charge is -2.29. The lowest BCUT2D eigenvalue weighted by Crippen LogP contribution is -2.56. The van der Waals surface area contributed by atoms with E-state index in [-0.39, 0.29) is 36.7 Å². The van der Waals surface area contributed by atoms with E-state index in [1.807, 2.05) is 58.0 Å². The fourth-order valence-corrected chi connectivity index (χ4v) is 5.47. The summed E-state index contributed by atoms with van der Waals surface area (Å²) in [5, 5.41) is 21.8. The summed E-state index contributed by atoms with van der Waals surface area (Å²) in [5.41, 5.74) is 7.89. The number of imide groups is 1. The van der Waals surface area contributed by atoms with Gasteiger partial charge in [0.05, 0.1) is 38.0 Å². The number of benzene rings is 2. The first-order valence-corrected chi connectivity index (χ1v) is 17.1. The van der Waals surface area contributed by atoms with Crippen molar-refractivity contribution in [1.82, 2.24) is 31.2 Å². The molecular formula is C37H51N7O7. The molecule has 0 spiro atoms. The van der Waals surface area contributed by atoms with Crippen LogP contribution in [0.1, 0.15) is 68.6 Å². The Hall–Kier alpha value is -5.08. The first kappa shape index (κ1) is 40.4. The molecule has 276 valence electrons. The Morgan fingerprint density at radius 2 is 1.49 bits per heavy atom. The molecule has 0 aliphatic rings. The van der Waals surface area contributed by atoms with Gasteiger partial charge >= 0.3 is 0 Å². The molecule has 5 atom stereocenters. The van der Waals surface area contributed by atoms with Gasteiger partial charge < -0.3 is 36.5 Å². The third-order valence-corrected chi connectivity index (χ3v) is 8.11. The van der Waals surface area contributed by atoms with Gasteiger partial charge in [-0.3, -0.25) is 29.3 Å². The summed E-state index contributed by atoms with van der Waals surface area (Å²) < 4.78 is 5.11. The largest absolute Gasteiger partial charge is 0.497 e. The van der Waals surface area contributed by atoms with Crippen LogP contribution >= 0.6 is 0 Å². The third kappa shape index (κ3) is 13.6. The van der Waals surface area contributed by atoms with Crippen LogP contribution in [-0.2, 0) is 32.0 Å². The van der Waals surface area contributed by atoms with Crippen LogP contribution < -0.4 is 31.7 Å². The van der Waals surface area contributed by atoms with Crippen molar-refractivity contribution < 1.29 is 33.8 Å². The molecule has 1 heterocycles. The Morgan fingerprint density at radius 3 is 2.08 bits per heavy atom. The van der Waals surface area contributed by atoms with Crippen LogP contribution in [0.25, 0.3) is 0 Å². The van der Waals surface area contributed by atoms with Crippen LogP contribution in [0.4, 0.5) is 0 Å². The molecule has 2 aromatic carbocycles. The van der Waals surface area contributed by atoms with Gasteiger partial charge in [0.25, 0.3) is 5.91 Å². The molecular weight excluding hydrogens is 654 g/mol. The maximum atomic E-state index is 13.7. The van der Waals surface area contributed by atoms with Gasteiger partial charge in [-0.05, 0) is 60.9 Å². The molecule has 3 rings (SSSR count). The van der Waals surface area contributed by atoms with Crippen LogP contribution in [0.2, 0.25) is 0 Å². The average molecular weight is 706 g/mol. The lowest BCUT2D eigenvalue weighted by molar-refractivity contribution is -0.132. The summed E-state index contributed by atoms with van der Waals surface area (Å²) in [5.74, 6) is -2.53. The standard InChI is InChI=1S/C37H51N7O7/c1-22(2)15-29(42-36(49)31(18-26-20-39-21-40-26)43-35(48)28(38)17-24-9-7-6-8-10-24)32(45)19-33(46)41-30(16-23(3)4)37(50)44-34(47)25-11-13-27(51-5)14-12-25/h6-14,20-23,28-32,45H,15-19,38H2,1-5H3,(H,39,40)(H,41,46)(H,42,49)(H,43,48)(H,44,47,50)/t28-,29-,30-,31-,32-/m0/s1. The van der Waals surface area contributed by atoms with Crippen LogP contribution in [0.15, 0.2) is 67.1 Å². The van der Waals surface area contributed by atoms with E-state index in [9.17, 15) is 29.1 Å². The molecule has 0 unspecified atom stereocenters. The molecule has 3 aromatic rings. The zero-order chi connectivity index (χ0) is 37.5. The zero-order valence-corrected chi connectivity index (χ0v) is 29.8. The number of aromatic amines is 1. The van der Waals surface area contributed by atoms with Gasteiger partial charge in [0, 0.05) is 23.9 Å². The number of imidazole rings is 1. The number of aromatic nitrogens is 2. The van der Waals surface area contributed by atoms with Crippen molar-refractivity contribution in [3.8, 4) is 5.75 Å². The van der Waals surface area contributed by atoms with E-state index < -0.39 is 66.2 Å². The smallest absolute Gasteiger partial charge is 0.257 e. The van der Waals surface area contributed by atoms with Crippen molar-refractivity contribution >= 4 is 29.5 Å². The molecule has 14 heteroatoms. The SMILES string of the molecule is COc1ccc(C(=O)NC(=O)[C@H](CC(C)C)NC(=O)C[C@H](O)[C@H](CC(C)C)NC(=O)[C@H](Cc2cnc[nH]2)NC(=O)[C@@H](N)Cc2ccccc2)cc1. The van der Waals surface area contributed by atoms with Crippen molar-refractivity contribution in [1.29, 1.82) is 0 Å². The highest BCUT2D eigenvalue weighted by molar-refractivity contribution is 6.06. The van der Waals surface area contributed by atoms with Gasteiger partial charge in [-0.15, -0.1) is 0 Å². The number of rotatable bonds is 19. The second-order valence-corrected chi connectivity index (χ2v) is 13.5. The van der Waals surface area contributed by atoms with Crippen LogP contribution in [0.3, 0.4) is 0 Å². The van der Waals surface area contributed by atoms with Crippen molar-refractivity contribution in [3.05, 3.63) is 83.9 Å². The zero-order valence-electron chi connectivity index (χ0n) is 29.8. The van der Waals surface area contributed by atoms with Gasteiger partial charge in [0.1, 0.15) is 17.8 Å². The van der Waals surface area contributed by atoms with E-state index in [1.54, 1.807) is 12.1 Å². The van der Waals surface area contributed by atoms with Gasteiger partial charge in [-0.25, -0.2) is 4.98 Å². The van der Waals surface area contributed by atoms with E-state index in [0.717, 1.165) is 5.56 Å². The summed E-state index contributed by atoms with van der Waals surface area (Å²) in [6.07, 6.45) is 2.09. The van der Waals surface area contributed by atoms with Crippen LogP contribution in [-0.4, -0.2) is 82.0 Å². The first-order chi connectivity index (χ1) is 24.2. The normalized spacial score (nSPS) is 14.1. The molecule has 0 fully saturated rings. The van der Waals surface area contributed by atoms with Crippen molar-refractivity contribution in [3.63, 3.8) is 0 Å². The Kier molecular flexibility index (Phi) is 15.8. The Labute approximate surface area is 298 Å². The number of nitrogens with one attached hydrogen (secondary N) is 5. The topological polar surface area (TPSA) is 218 Å². The minimum Gasteiger partial charge on any atom is -0.497 e. The predicted octanol–water partition coefficient (Wildman–Crippen LogP) is 1.79. The fraction of sp³-hybridized carbons (Fsp3) is 0.459. The second kappa shape index (κ2) is 19.9. The highest BCUT2D eigenvalue weighted by Crippen LogP contribution is 2.15. The summed E-state index contributed by atoms with van der Waals surface area (Å²) in [4.78, 5) is 72.9. The maximum absolute atomic E-state index is 13.7. The van der Waals surface area contributed by atoms with Crippen molar-refractivity contribution in [2.75, 3.05) is 7.11 Å². The molecule has 0 radical (unpaired) electrons. The summed E-state index contributed by atoms with van der Waals surface area (Å²) in [7, 11) is 1.50. The number of aliphatic hydroxyl groups excluding tert-OH is 1. The third-order valence-electron chi connectivity index (χ3n) is 8.11. The number of carbonyl (C=O) groups is 5. The maximum Gasteiger partial charge on any atom is 0.257 e. The van der Waals surface area contributed by atoms with E-state index in [4.69, 9.17) is 10.5 Å². The average Bonchev–Trinajstić information content (AvgIpc) is 3.60. The number of aliphatic hydroxyl groups is 1. The van der Waals surface area contributed by atoms with Gasteiger partial charge in [-0.1, -0.05) is 58.0 Å². The number of nitrogens with zero attached hydrogens (tertiary/aromatic N) is 1. The van der Waals surface area contributed by atoms with E-state index in [0.29, 0.717) is 17.9 Å². The molecule has 0 aliphatic heterocycles. The molecule has 0 saturated carbocycles. The van der Waals surface area contributed by atoms with E-state index >= 15 is 0 Å². The molecule has 5 amide bonds. The Bertz CT molecular complexity index is 1560. The minimum absolute atomic E-state index is 0.0105. The summed E-state index contributed by atoms with van der Waals surface area (Å²) >= 11 is 0. The quantitative estimate of drug-likeness (QED) is 0.0966. The number of amides is 5. The van der Waals surface area contributed by atoms with Crippen molar-refractivity contribution in [2.24, 2.45) is 17.6 Å². The summed E-state index contributed by atoms with van der Waals surface area (Å²) in [6.45, 7) is 7.55. The number of methoxy groups -OCH3 is 1. The Balaban J connectivity index is 1.68. The van der Waals surface area contributed by atoms with E-state index in [2.05, 4.69) is 31.2 Å². The van der Waals surface area contributed by atoms with Crippen LogP contribution in [0, 0.1) is 11.8 Å². The first-order valence-electron chi connectivity index (χ1n) is 17.1. The van der Waals surface area contributed by atoms with Crippen LogP contribution in [0.5, 0.6) is 5.75 Å². The number of hydrogen-bond acceptors (Lipinski definition) is 9. The highest BCUT2D eigenvalue weighted by Gasteiger charge is 2.31. The Morgan fingerprint density at radius 1 is 0.824 bits per heavy atom. The van der Waals surface area contributed by atoms with Gasteiger partial charge in [0.2, 0.25) is 23.6 Å². The van der Waals surface area contributed by atoms with E-state index in [1.165, 1.54) is 31.8 Å². The van der Waals surface area contributed by atoms with Gasteiger partial charge in [0.15, 0.2) is 0 Å². The number of H-pyrrole nitrogens is 1. The highest BCUT2D eigenvalue weighted by atomic mass is 16.5. The molecule has 14 nitrogen and oxygen atoms in total. The van der Waals surface area contributed by atoms with Gasteiger partial charge in [-0.2, -0.15) is 0 Å². The molecule has 51 heavy (non-hydrogen) atoms. The predicted molar refractivity (Wildman–Crippen MR) is 191 cm³/mol. The number of carbonyl (C=O) groups excluding carboxylic acids is 5. The molecule has 0 bridgehead atoms. The molecule has 0 aliphatic carbocycles. The number of hydrogen-bond donors (Lipinski definition) is 7. The monoisotopic (exact) mass is 705 g/mol. The molecule has 1 aromatic heterocycles. The minimum atomic E-state index is -1.34. The van der Waals surface area contributed by atoms with Crippen molar-refractivity contribution in [2.45, 2.75) is 90.1 Å². The molecule has 0 saturated heterocycles. The number of nitrogens with two attached hydrogens (primary N) is 1. The summed E-state index contributed by atoms with van der Waals surface area (Å²) in [6, 6.07) is 11.6. The lowest BCUT2D eigenvalue weighted by atomic mass is 9.96. The fourth-order valence-electron chi connectivity index (χ4n) is 5.47. The molecule has 8 N–H and O–H groups in total. The number of ether oxygens (including phenoxy) is 1.